The van der Waals surface area contributed by atoms with Crippen molar-refractivity contribution >= 4 is 0 Å². The predicted molar refractivity (Wildman–Crippen MR) is 80.8 cm³/mol. The minimum atomic E-state index is -0.323. The van der Waals surface area contributed by atoms with Gasteiger partial charge < -0.3 is 0 Å². The lowest BCUT2D eigenvalue weighted by Crippen LogP contribution is -2.02. The lowest BCUT2D eigenvalue weighted by atomic mass is 10.0. The molecule has 0 heterocycles. The van der Waals surface area contributed by atoms with E-state index in [0.29, 0.717) is 17.9 Å². The highest BCUT2D eigenvalue weighted by Gasteiger charge is 2.13. The minimum Gasteiger partial charge on any atom is -0.192 e. The molecule has 3 heteroatoms. The fourth-order valence-corrected chi connectivity index (χ4v) is 2.75. The zero-order valence-corrected chi connectivity index (χ0v) is 11.7. The SMILES string of the molecule is N#CC1=CC(CC(/C=C/C2CCCC2)N=O)=CCC=C1. The van der Waals surface area contributed by atoms with Crippen LogP contribution in [0.15, 0.2) is 52.8 Å². The van der Waals surface area contributed by atoms with Crippen LogP contribution in [0, 0.1) is 22.2 Å². The van der Waals surface area contributed by atoms with Gasteiger partial charge in [-0.1, -0.05) is 42.3 Å². The molecule has 0 amide bonds. The molecule has 2 aliphatic carbocycles. The largest absolute Gasteiger partial charge is 0.192 e. The topological polar surface area (TPSA) is 53.2 Å². The van der Waals surface area contributed by atoms with Crippen LogP contribution in [0.5, 0.6) is 0 Å². The molecule has 0 bridgehead atoms. The Morgan fingerprint density at radius 1 is 1.45 bits per heavy atom. The minimum absolute atomic E-state index is 0.323. The molecule has 20 heavy (non-hydrogen) atoms. The highest BCUT2D eigenvalue weighted by molar-refractivity contribution is 5.42. The van der Waals surface area contributed by atoms with Crippen molar-refractivity contribution in [2.24, 2.45) is 11.1 Å². The summed E-state index contributed by atoms with van der Waals surface area (Å²) in [5.74, 6) is 0.620. The molecule has 0 saturated heterocycles. The molecule has 104 valence electrons. The molecule has 1 unspecified atom stereocenters. The highest BCUT2D eigenvalue weighted by atomic mass is 16.3. The maximum Gasteiger partial charge on any atom is 0.114 e. The predicted octanol–water partition coefficient (Wildman–Crippen LogP) is 4.59. The van der Waals surface area contributed by atoms with Crippen LogP contribution < -0.4 is 0 Å². The van der Waals surface area contributed by atoms with Crippen LogP contribution in [0.25, 0.3) is 0 Å². The molecule has 1 fully saturated rings. The zero-order valence-electron chi connectivity index (χ0n) is 11.7. The number of rotatable bonds is 5. The van der Waals surface area contributed by atoms with Crippen molar-refractivity contribution in [1.82, 2.24) is 0 Å². The highest BCUT2D eigenvalue weighted by Crippen LogP contribution is 2.26. The van der Waals surface area contributed by atoms with Crippen LogP contribution in [0.1, 0.15) is 38.5 Å². The Balaban J connectivity index is 1.97. The molecule has 1 saturated carbocycles. The van der Waals surface area contributed by atoms with E-state index in [9.17, 15) is 4.91 Å². The molecule has 0 aromatic heterocycles. The summed E-state index contributed by atoms with van der Waals surface area (Å²) in [6.45, 7) is 0. The van der Waals surface area contributed by atoms with Gasteiger partial charge in [0, 0.05) is 6.42 Å². The standard InChI is InChI=1S/C17H20N2O/c18-13-16-8-4-3-7-15(11-16)12-17(19-20)10-9-14-5-1-2-6-14/h4,7-11,14,17H,1-3,5-6,12H2/b10-9+. The number of nitroso groups, excluding NO2 is 1. The van der Waals surface area contributed by atoms with E-state index in [-0.39, 0.29) is 6.04 Å². The maximum atomic E-state index is 11.0. The molecule has 2 rings (SSSR count). The molecule has 2 aliphatic rings. The lowest BCUT2D eigenvalue weighted by molar-refractivity contribution is 0.675. The van der Waals surface area contributed by atoms with Gasteiger partial charge in [0.2, 0.25) is 0 Å². The Morgan fingerprint density at radius 3 is 2.95 bits per heavy atom. The van der Waals surface area contributed by atoms with E-state index in [2.05, 4.69) is 23.4 Å². The van der Waals surface area contributed by atoms with Crippen LogP contribution in [0.4, 0.5) is 0 Å². The second-order valence-corrected chi connectivity index (χ2v) is 5.43. The third kappa shape index (κ3) is 4.31. The van der Waals surface area contributed by atoms with Gasteiger partial charge in [-0.2, -0.15) is 10.2 Å². The van der Waals surface area contributed by atoms with Crippen molar-refractivity contribution in [3.05, 3.63) is 52.5 Å². The molecule has 0 aromatic rings. The Kier molecular flexibility index (Phi) is 5.49. The van der Waals surface area contributed by atoms with Gasteiger partial charge in [-0.3, -0.25) is 0 Å². The summed E-state index contributed by atoms with van der Waals surface area (Å²) in [7, 11) is 0. The Morgan fingerprint density at radius 2 is 2.25 bits per heavy atom. The van der Waals surface area contributed by atoms with Crippen LogP contribution >= 0.6 is 0 Å². The van der Waals surface area contributed by atoms with Crippen molar-refractivity contribution in [2.75, 3.05) is 0 Å². The first-order chi connectivity index (χ1) is 9.81. The lowest BCUT2D eigenvalue weighted by Gasteiger charge is -2.07. The van der Waals surface area contributed by atoms with E-state index in [4.69, 9.17) is 5.26 Å². The van der Waals surface area contributed by atoms with Crippen LogP contribution in [-0.4, -0.2) is 6.04 Å². The van der Waals surface area contributed by atoms with E-state index in [0.717, 1.165) is 12.0 Å². The Labute approximate surface area is 120 Å². The quantitative estimate of drug-likeness (QED) is 0.540. The summed E-state index contributed by atoms with van der Waals surface area (Å²) in [4.78, 5) is 11.0. The smallest absolute Gasteiger partial charge is 0.114 e. The van der Waals surface area contributed by atoms with Gasteiger partial charge in [-0.25, -0.2) is 0 Å². The molecule has 0 aromatic carbocycles. The number of nitriles is 1. The van der Waals surface area contributed by atoms with Gasteiger partial charge in [0.05, 0.1) is 11.6 Å². The zero-order chi connectivity index (χ0) is 14.2. The summed E-state index contributed by atoms with van der Waals surface area (Å²) in [6.07, 6.45) is 18.2. The second kappa shape index (κ2) is 7.59. The summed E-state index contributed by atoms with van der Waals surface area (Å²) < 4.78 is 0. The fourth-order valence-electron chi connectivity index (χ4n) is 2.75. The second-order valence-electron chi connectivity index (χ2n) is 5.43. The molecule has 1 atom stereocenters. The van der Waals surface area contributed by atoms with Gasteiger partial charge in [0.25, 0.3) is 0 Å². The maximum absolute atomic E-state index is 11.0. The average Bonchev–Trinajstić information content (AvgIpc) is 2.89. The number of allylic oxidation sites excluding steroid dienone is 6. The van der Waals surface area contributed by atoms with Gasteiger partial charge in [0.1, 0.15) is 6.04 Å². The first kappa shape index (κ1) is 14.5. The summed E-state index contributed by atoms with van der Waals surface area (Å²) in [6, 6.07) is 1.83. The van der Waals surface area contributed by atoms with E-state index < -0.39 is 0 Å². The third-order valence-electron chi connectivity index (χ3n) is 3.87. The molecular weight excluding hydrogens is 248 g/mol. The average molecular weight is 268 g/mol. The number of hydrogen-bond acceptors (Lipinski definition) is 3. The first-order valence-corrected chi connectivity index (χ1v) is 7.30. The van der Waals surface area contributed by atoms with E-state index in [1.807, 2.05) is 24.3 Å². The Bertz CT molecular complexity index is 500. The normalized spacial score (nSPS) is 21.1. The van der Waals surface area contributed by atoms with Crippen molar-refractivity contribution in [1.29, 1.82) is 5.26 Å². The van der Waals surface area contributed by atoms with Gasteiger partial charge >= 0.3 is 0 Å². The fraction of sp³-hybridized carbons (Fsp3) is 0.471. The van der Waals surface area contributed by atoms with E-state index in [1.165, 1.54) is 25.7 Å². The molecule has 0 spiro atoms. The molecule has 0 N–H and O–H groups in total. The first-order valence-electron chi connectivity index (χ1n) is 7.30. The summed E-state index contributed by atoms with van der Waals surface area (Å²) >= 11 is 0. The Hall–Kier alpha value is -1.95. The van der Waals surface area contributed by atoms with Crippen LogP contribution in [0.3, 0.4) is 0 Å². The van der Waals surface area contributed by atoms with Crippen molar-refractivity contribution in [3.63, 3.8) is 0 Å². The van der Waals surface area contributed by atoms with Crippen molar-refractivity contribution in [2.45, 2.75) is 44.6 Å². The molecular formula is C17H20N2O. The van der Waals surface area contributed by atoms with Crippen molar-refractivity contribution in [3.8, 4) is 6.07 Å². The molecule has 3 nitrogen and oxygen atoms in total. The van der Waals surface area contributed by atoms with Crippen LogP contribution in [-0.2, 0) is 0 Å². The summed E-state index contributed by atoms with van der Waals surface area (Å²) in [5.41, 5.74) is 1.66. The van der Waals surface area contributed by atoms with Gasteiger partial charge in [-0.05, 0) is 42.9 Å². The molecule has 0 aliphatic heterocycles. The molecule has 0 radical (unpaired) electrons. The van der Waals surface area contributed by atoms with Crippen LogP contribution in [0.2, 0.25) is 0 Å². The van der Waals surface area contributed by atoms with E-state index >= 15 is 0 Å². The number of hydrogen-bond donors (Lipinski definition) is 0. The van der Waals surface area contributed by atoms with Gasteiger partial charge in [0.15, 0.2) is 0 Å². The van der Waals surface area contributed by atoms with Crippen molar-refractivity contribution < 1.29 is 0 Å². The summed E-state index contributed by atoms with van der Waals surface area (Å²) in [5, 5.41) is 12.2. The monoisotopic (exact) mass is 268 g/mol. The number of nitrogens with zero attached hydrogens (tertiary/aromatic N) is 2. The third-order valence-corrected chi connectivity index (χ3v) is 3.87. The van der Waals surface area contributed by atoms with Gasteiger partial charge in [-0.15, -0.1) is 0 Å². The van der Waals surface area contributed by atoms with E-state index in [1.54, 1.807) is 0 Å².